The smallest absolute Gasteiger partial charge is 0.416 e. The molecule has 0 saturated carbocycles. The Kier molecular flexibility index (Phi) is 3.86. The molecular formula is C18H14F4O2. The molecule has 126 valence electrons. The van der Waals surface area contributed by atoms with Gasteiger partial charge in [0.2, 0.25) is 5.78 Å². The molecule has 6 heteroatoms. The van der Waals surface area contributed by atoms with Gasteiger partial charge in [-0.1, -0.05) is 12.1 Å². The van der Waals surface area contributed by atoms with E-state index in [9.17, 15) is 18.0 Å². The van der Waals surface area contributed by atoms with Gasteiger partial charge in [-0.05, 0) is 54.3 Å². The molecule has 1 unspecified atom stereocenters. The number of benzene rings is 2. The van der Waals surface area contributed by atoms with Gasteiger partial charge in [0.15, 0.2) is 5.67 Å². The van der Waals surface area contributed by atoms with Crippen molar-refractivity contribution in [3.05, 3.63) is 64.7 Å². The lowest BCUT2D eigenvalue weighted by Crippen LogP contribution is -2.36. The summed E-state index contributed by atoms with van der Waals surface area (Å²) in [5, 5.41) is 0. The highest BCUT2D eigenvalue weighted by molar-refractivity contribution is 6.05. The number of hydrogen-bond donors (Lipinski definition) is 0. The Labute approximate surface area is 136 Å². The van der Waals surface area contributed by atoms with Crippen LogP contribution in [0.5, 0.6) is 5.75 Å². The highest BCUT2D eigenvalue weighted by Gasteiger charge is 2.45. The molecule has 2 aromatic carbocycles. The number of carbonyl (C=O) groups is 1. The Morgan fingerprint density at radius 3 is 2.33 bits per heavy atom. The van der Waals surface area contributed by atoms with Crippen LogP contribution in [0.3, 0.4) is 0 Å². The van der Waals surface area contributed by atoms with Gasteiger partial charge in [-0.2, -0.15) is 13.2 Å². The maximum absolute atomic E-state index is 15.3. The molecule has 0 amide bonds. The summed E-state index contributed by atoms with van der Waals surface area (Å²) < 4.78 is 58.3. The van der Waals surface area contributed by atoms with E-state index >= 15 is 4.39 Å². The van der Waals surface area contributed by atoms with Crippen LogP contribution in [0.1, 0.15) is 33.5 Å². The zero-order valence-corrected chi connectivity index (χ0v) is 12.8. The number of carbonyl (C=O) groups excluding carboxylic acids is 1. The summed E-state index contributed by atoms with van der Waals surface area (Å²) in [5.74, 6) is -0.159. The number of ether oxygens (including phenoxy) is 1. The van der Waals surface area contributed by atoms with Crippen LogP contribution < -0.4 is 4.74 Å². The highest BCUT2D eigenvalue weighted by Crippen LogP contribution is 2.41. The second-order valence-electron chi connectivity index (χ2n) is 5.73. The summed E-state index contributed by atoms with van der Waals surface area (Å²) >= 11 is 0. The second kappa shape index (κ2) is 5.61. The minimum Gasteiger partial charge on any atom is -0.497 e. The molecule has 0 heterocycles. The predicted molar refractivity (Wildman–Crippen MR) is 79.9 cm³/mol. The lowest BCUT2D eigenvalue weighted by atomic mass is 9.76. The average molecular weight is 338 g/mol. The molecule has 2 aromatic rings. The van der Waals surface area contributed by atoms with Gasteiger partial charge in [0.1, 0.15) is 5.75 Å². The van der Waals surface area contributed by atoms with Crippen LogP contribution in [0.25, 0.3) is 0 Å². The summed E-state index contributed by atoms with van der Waals surface area (Å²) in [6, 6.07) is 8.41. The Balaban J connectivity index is 1.97. The first-order chi connectivity index (χ1) is 11.3. The van der Waals surface area contributed by atoms with Crippen LogP contribution in [-0.2, 0) is 18.3 Å². The fraction of sp³-hybridized carbons (Fsp3) is 0.278. The molecule has 0 aliphatic heterocycles. The number of fused-ring (bicyclic) bond motifs is 1. The molecule has 0 aromatic heterocycles. The third-order valence-corrected chi connectivity index (χ3v) is 4.33. The van der Waals surface area contributed by atoms with Gasteiger partial charge >= 0.3 is 6.18 Å². The number of aryl methyl sites for hydroxylation is 1. The molecule has 1 aliphatic carbocycles. The number of Topliss-reactive ketones (excluding diaryl/α,β-unsaturated/α-hetero) is 1. The van der Waals surface area contributed by atoms with Crippen LogP contribution in [0.2, 0.25) is 0 Å². The van der Waals surface area contributed by atoms with Crippen LogP contribution >= 0.6 is 0 Å². The molecule has 3 rings (SSSR count). The molecule has 1 aliphatic rings. The van der Waals surface area contributed by atoms with E-state index in [0.717, 1.165) is 24.3 Å². The number of halogens is 4. The summed E-state index contributed by atoms with van der Waals surface area (Å²) in [6.45, 7) is 0. The first-order valence-corrected chi connectivity index (χ1v) is 7.34. The number of methoxy groups -OCH3 is 1. The first-order valence-electron chi connectivity index (χ1n) is 7.34. The minimum atomic E-state index is -4.50. The summed E-state index contributed by atoms with van der Waals surface area (Å²) in [7, 11) is 1.49. The fourth-order valence-corrected chi connectivity index (χ4v) is 2.96. The maximum Gasteiger partial charge on any atom is 0.416 e. The van der Waals surface area contributed by atoms with E-state index in [1.165, 1.54) is 13.2 Å². The Morgan fingerprint density at radius 2 is 1.75 bits per heavy atom. The van der Waals surface area contributed by atoms with E-state index in [4.69, 9.17) is 4.74 Å². The van der Waals surface area contributed by atoms with Crippen LogP contribution in [-0.4, -0.2) is 12.9 Å². The monoisotopic (exact) mass is 338 g/mol. The molecule has 0 fully saturated rings. The van der Waals surface area contributed by atoms with Gasteiger partial charge in [0.25, 0.3) is 0 Å². The third-order valence-electron chi connectivity index (χ3n) is 4.33. The summed E-state index contributed by atoms with van der Waals surface area (Å²) in [6.07, 6.45) is -4.31. The molecule has 0 N–H and O–H groups in total. The van der Waals surface area contributed by atoms with E-state index in [0.29, 0.717) is 17.7 Å². The van der Waals surface area contributed by atoms with Crippen molar-refractivity contribution < 1.29 is 27.1 Å². The third kappa shape index (κ3) is 2.66. The van der Waals surface area contributed by atoms with Crippen molar-refractivity contribution in [3.63, 3.8) is 0 Å². The van der Waals surface area contributed by atoms with Gasteiger partial charge in [-0.3, -0.25) is 4.79 Å². The predicted octanol–water partition coefficient (Wildman–Crippen LogP) is 4.71. The van der Waals surface area contributed by atoms with Crippen molar-refractivity contribution >= 4 is 5.78 Å². The topological polar surface area (TPSA) is 26.3 Å². The SMILES string of the molecule is COc1ccc2c(c1)CCC(F)(c1ccc(C(F)(F)F)cc1)C2=O. The summed E-state index contributed by atoms with van der Waals surface area (Å²) in [4.78, 5) is 12.6. The molecule has 0 saturated heterocycles. The quantitative estimate of drug-likeness (QED) is 0.742. The van der Waals surface area contributed by atoms with E-state index in [-0.39, 0.29) is 17.5 Å². The van der Waals surface area contributed by atoms with E-state index in [1.54, 1.807) is 12.1 Å². The average Bonchev–Trinajstić information content (AvgIpc) is 2.57. The van der Waals surface area contributed by atoms with Crippen molar-refractivity contribution in [2.45, 2.75) is 24.7 Å². The van der Waals surface area contributed by atoms with Crippen LogP contribution in [0, 0.1) is 0 Å². The lowest BCUT2D eigenvalue weighted by Gasteiger charge is -2.30. The van der Waals surface area contributed by atoms with Crippen molar-refractivity contribution in [1.29, 1.82) is 0 Å². The largest absolute Gasteiger partial charge is 0.497 e. The minimum absolute atomic E-state index is 0.0537. The first kappa shape index (κ1) is 16.5. The highest BCUT2D eigenvalue weighted by atomic mass is 19.4. The lowest BCUT2D eigenvalue weighted by molar-refractivity contribution is -0.137. The Bertz CT molecular complexity index is 781. The van der Waals surface area contributed by atoms with Crippen LogP contribution in [0.15, 0.2) is 42.5 Å². The van der Waals surface area contributed by atoms with Crippen LogP contribution in [0.4, 0.5) is 17.6 Å². The fourth-order valence-electron chi connectivity index (χ4n) is 2.96. The molecule has 1 atom stereocenters. The normalized spacial score (nSPS) is 20.6. The van der Waals surface area contributed by atoms with Crippen molar-refractivity contribution in [1.82, 2.24) is 0 Å². The molecule has 0 radical (unpaired) electrons. The number of alkyl halides is 4. The molecular weight excluding hydrogens is 324 g/mol. The second-order valence-corrected chi connectivity index (χ2v) is 5.73. The standard InChI is InChI=1S/C18H14F4O2/c1-24-14-6-7-15-11(10-14)8-9-17(19,16(15)23)12-2-4-13(5-3-12)18(20,21)22/h2-7,10H,8-9H2,1H3. The maximum atomic E-state index is 15.3. The van der Waals surface area contributed by atoms with Gasteiger partial charge in [-0.15, -0.1) is 0 Å². The number of ketones is 1. The van der Waals surface area contributed by atoms with Gasteiger partial charge < -0.3 is 4.74 Å². The number of hydrogen-bond acceptors (Lipinski definition) is 2. The van der Waals surface area contributed by atoms with Gasteiger partial charge in [-0.25, -0.2) is 4.39 Å². The van der Waals surface area contributed by atoms with E-state index < -0.39 is 23.2 Å². The zero-order valence-electron chi connectivity index (χ0n) is 12.8. The van der Waals surface area contributed by atoms with Gasteiger partial charge in [0, 0.05) is 5.56 Å². The Morgan fingerprint density at radius 1 is 1.08 bits per heavy atom. The summed E-state index contributed by atoms with van der Waals surface area (Å²) in [5.41, 5.74) is -2.32. The number of rotatable bonds is 2. The van der Waals surface area contributed by atoms with E-state index in [2.05, 4.69) is 0 Å². The molecule has 2 nitrogen and oxygen atoms in total. The molecule has 24 heavy (non-hydrogen) atoms. The Hall–Kier alpha value is -2.37. The van der Waals surface area contributed by atoms with Crippen molar-refractivity contribution in [2.24, 2.45) is 0 Å². The zero-order chi connectivity index (χ0) is 17.5. The van der Waals surface area contributed by atoms with Crippen molar-refractivity contribution in [2.75, 3.05) is 7.11 Å². The van der Waals surface area contributed by atoms with Crippen molar-refractivity contribution in [3.8, 4) is 5.75 Å². The molecule has 0 bridgehead atoms. The van der Waals surface area contributed by atoms with Gasteiger partial charge in [0.05, 0.1) is 12.7 Å². The molecule has 0 spiro atoms. The van der Waals surface area contributed by atoms with E-state index in [1.807, 2.05) is 0 Å².